The second kappa shape index (κ2) is 13.3. The number of fused-ring (bicyclic) bond motifs is 5. The van der Waals surface area contributed by atoms with Crippen molar-refractivity contribution in [3.05, 3.63) is 0 Å². The highest BCUT2D eigenvalue weighted by atomic mass is 16.7. The number of nitrogens with zero attached hydrogens (tertiary/aromatic N) is 1. The fourth-order valence-corrected chi connectivity index (χ4v) is 9.96. The van der Waals surface area contributed by atoms with Crippen LogP contribution in [0, 0.1) is 57.7 Å². The molecule has 4 aliphatic carbocycles. The first-order valence-corrected chi connectivity index (χ1v) is 15.1. The third-order valence-electron chi connectivity index (χ3n) is 11.6. The molecule has 11 atom stereocenters. The Bertz CT molecular complexity index is 789. The maximum absolute atomic E-state index is 9.20. The molecule has 38 heavy (non-hydrogen) atoms. The van der Waals surface area contributed by atoms with Gasteiger partial charge in [0.1, 0.15) is 20.4 Å². The van der Waals surface area contributed by atoms with Crippen molar-refractivity contribution in [2.45, 2.75) is 103 Å². The minimum absolute atomic E-state index is 0.0596. The van der Waals surface area contributed by atoms with E-state index in [2.05, 4.69) is 26.8 Å². The number of hydrogen-bond acceptors (Lipinski definition) is 7. The normalized spacial score (nSPS) is 44.2. The molecule has 0 amide bonds. The van der Waals surface area contributed by atoms with Crippen molar-refractivity contribution in [2.24, 2.45) is 46.3 Å². The number of unbranched alkanes of at least 4 members (excludes halogenated alkanes) is 1. The predicted octanol–water partition coefficient (Wildman–Crippen LogP) is 6.16. The number of methoxy groups -OCH3 is 3. The van der Waals surface area contributed by atoms with Crippen LogP contribution in [0.4, 0.5) is 0 Å². The van der Waals surface area contributed by atoms with Gasteiger partial charge in [0, 0.05) is 27.8 Å². The van der Waals surface area contributed by atoms with Crippen LogP contribution >= 0.6 is 0 Å². The van der Waals surface area contributed by atoms with Crippen LogP contribution in [-0.2, 0) is 28.4 Å². The first-order valence-electron chi connectivity index (χ1n) is 15.1. The highest BCUT2D eigenvalue weighted by molar-refractivity contribution is 5.16. The van der Waals surface area contributed by atoms with Crippen LogP contribution in [0.2, 0.25) is 0 Å². The van der Waals surface area contributed by atoms with Gasteiger partial charge in [-0.15, -0.1) is 0 Å². The molecule has 0 aromatic carbocycles. The number of ether oxygens (including phenoxy) is 6. The van der Waals surface area contributed by atoms with Crippen molar-refractivity contribution in [3.8, 4) is 6.07 Å². The van der Waals surface area contributed by atoms with Crippen molar-refractivity contribution in [2.75, 3.05) is 41.7 Å². The Morgan fingerprint density at radius 2 is 1.55 bits per heavy atom. The second-order valence-electron chi connectivity index (χ2n) is 13.0. The summed E-state index contributed by atoms with van der Waals surface area (Å²) >= 11 is 0. The Labute approximate surface area is 231 Å². The van der Waals surface area contributed by atoms with Gasteiger partial charge in [-0.05, 0) is 97.7 Å². The lowest BCUT2D eigenvalue weighted by molar-refractivity contribution is -0.265. The minimum atomic E-state index is 0.0596. The lowest BCUT2D eigenvalue weighted by Crippen LogP contribution is -2.65. The van der Waals surface area contributed by atoms with E-state index in [1.165, 1.54) is 19.3 Å². The predicted molar refractivity (Wildman–Crippen MR) is 145 cm³/mol. The Morgan fingerprint density at radius 3 is 2.24 bits per heavy atom. The summed E-state index contributed by atoms with van der Waals surface area (Å²) in [5, 5.41) is 9.20. The van der Waals surface area contributed by atoms with E-state index in [1.807, 2.05) is 0 Å². The van der Waals surface area contributed by atoms with Gasteiger partial charge in [-0.1, -0.05) is 27.2 Å². The zero-order chi connectivity index (χ0) is 27.3. The number of hydrogen-bond donors (Lipinski definition) is 0. The fraction of sp³-hybridized carbons (Fsp3) is 0.968. The molecule has 4 aliphatic rings. The van der Waals surface area contributed by atoms with E-state index < -0.39 is 0 Å². The lowest BCUT2D eigenvalue weighted by Gasteiger charge is -2.66. The second-order valence-corrected chi connectivity index (χ2v) is 13.0. The van der Waals surface area contributed by atoms with Gasteiger partial charge in [0.05, 0.1) is 24.4 Å². The molecule has 3 unspecified atom stereocenters. The van der Waals surface area contributed by atoms with Crippen LogP contribution in [-0.4, -0.2) is 60.0 Å². The fourth-order valence-electron chi connectivity index (χ4n) is 9.96. The van der Waals surface area contributed by atoms with Crippen LogP contribution < -0.4 is 0 Å². The molecule has 4 fully saturated rings. The molecule has 0 N–H and O–H groups in total. The maximum Gasteiger partial charge on any atom is 0.146 e. The highest BCUT2D eigenvalue weighted by Gasteiger charge is 2.67. The maximum atomic E-state index is 9.20. The average Bonchev–Trinajstić information content (AvgIpc) is 3.26. The van der Waals surface area contributed by atoms with Gasteiger partial charge in [-0.3, -0.25) is 0 Å². The van der Waals surface area contributed by atoms with Crippen LogP contribution in [0.1, 0.15) is 85.0 Å². The number of rotatable bonds is 13. The standard InChI is InChI=1S/C31H53NO6/c1-7-23-25-16-22(36-18-33-4)13-14-30(25,2)26-17-27(37-19-34-5)31(3)21(10-8-9-15-32)11-12-24(31)28(26)29(23)38-20-35-6/h21-29H,7-14,16-20H2,1-6H3/t21-,22+,23+,24?,25-,26?,27-,28?,29+,30-,31+/m0/s1. The van der Waals surface area contributed by atoms with Crippen LogP contribution in [0.15, 0.2) is 0 Å². The third kappa shape index (κ3) is 5.43. The van der Waals surface area contributed by atoms with Gasteiger partial charge in [-0.2, -0.15) is 5.26 Å². The highest BCUT2D eigenvalue weighted by Crippen LogP contribution is 2.70. The third-order valence-corrected chi connectivity index (χ3v) is 11.6. The van der Waals surface area contributed by atoms with Crippen LogP contribution in [0.3, 0.4) is 0 Å². The smallest absolute Gasteiger partial charge is 0.146 e. The van der Waals surface area contributed by atoms with Gasteiger partial charge in [-0.25, -0.2) is 0 Å². The zero-order valence-corrected chi connectivity index (χ0v) is 24.8. The van der Waals surface area contributed by atoms with E-state index in [4.69, 9.17) is 28.4 Å². The molecule has 7 nitrogen and oxygen atoms in total. The lowest BCUT2D eigenvalue weighted by atomic mass is 9.41. The summed E-state index contributed by atoms with van der Waals surface area (Å²) in [5.74, 6) is 3.12. The molecule has 4 saturated carbocycles. The minimum Gasteiger partial charge on any atom is -0.359 e. The Kier molecular flexibility index (Phi) is 10.6. The van der Waals surface area contributed by atoms with E-state index in [9.17, 15) is 5.26 Å². The molecule has 0 heterocycles. The molecule has 0 aromatic heterocycles. The average molecular weight is 536 g/mol. The van der Waals surface area contributed by atoms with Crippen molar-refractivity contribution < 1.29 is 28.4 Å². The van der Waals surface area contributed by atoms with E-state index in [0.717, 1.165) is 38.5 Å². The van der Waals surface area contributed by atoms with Gasteiger partial charge < -0.3 is 28.4 Å². The first kappa shape index (κ1) is 30.2. The van der Waals surface area contributed by atoms with Crippen molar-refractivity contribution >= 4 is 0 Å². The topological polar surface area (TPSA) is 79.2 Å². The van der Waals surface area contributed by atoms with Gasteiger partial charge in [0.15, 0.2) is 0 Å². The summed E-state index contributed by atoms with van der Waals surface area (Å²) in [6, 6.07) is 2.36. The van der Waals surface area contributed by atoms with Gasteiger partial charge in [0.25, 0.3) is 0 Å². The molecular weight excluding hydrogens is 482 g/mol. The van der Waals surface area contributed by atoms with E-state index in [1.54, 1.807) is 21.3 Å². The Morgan fingerprint density at radius 1 is 0.842 bits per heavy atom. The van der Waals surface area contributed by atoms with Crippen molar-refractivity contribution in [1.29, 1.82) is 5.26 Å². The van der Waals surface area contributed by atoms with Crippen LogP contribution in [0.25, 0.3) is 0 Å². The molecule has 0 aliphatic heterocycles. The van der Waals surface area contributed by atoms with Crippen LogP contribution in [0.5, 0.6) is 0 Å². The molecule has 0 aromatic rings. The summed E-state index contributed by atoms with van der Waals surface area (Å²) in [7, 11) is 5.17. The molecule has 0 spiro atoms. The SMILES string of the molecule is CC[C@H]1[C@@H](OCOC)C2C3CC[C@H](CCCC#N)[C@@]3(C)[C@@H](OCOC)CC2[C@@]2(C)CC[C@@H](OCOC)C[C@@H]12. The summed E-state index contributed by atoms with van der Waals surface area (Å²) in [6.07, 6.45) is 11.2. The van der Waals surface area contributed by atoms with E-state index in [-0.39, 0.29) is 29.1 Å². The Balaban J connectivity index is 1.71. The molecule has 0 saturated heterocycles. The van der Waals surface area contributed by atoms with Gasteiger partial charge >= 0.3 is 0 Å². The molecule has 218 valence electrons. The Hall–Kier alpha value is -0.750. The largest absolute Gasteiger partial charge is 0.359 e. The zero-order valence-electron chi connectivity index (χ0n) is 24.8. The summed E-state index contributed by atoms with van der Waals surface area (Å²) < 4.78 is 35.7. The van der Waals surface area contributed by atoms with Gasteiger partial charge in [0.2, 0.25) is 0 Å². The van der Waals surface area contributed by atoms with Crippen molar-refractivity contribution in [3.63, 3.8) is 0 Å². The quantitative estimate of drug-likeness (QED) is 0.206. The summed E-state index contributed by atoms with van der Waals surface area (Å²) in [5.41, 5.74) is 0.282. The molecule has 7 heteroatoms. The van der Waals surface area contributed by atoms with Crippen molar-refractivity contribution in [1.82, 2.24) is 0 Å². The monoisotopic (exact) mass is 535 g/mol. The molecule has 4 rings (SSSR count). The summed E-state index contributed by atoms with van der Waals surface area (Å²) in [4.78, 5) is 0. The van der Waals surface area contributed by atoms with E-state index in [0.29, 0.717) is 62.3 Å². The summed E-state index contributed by atoms with van der Waals surface area (Å²) in [6.45, 7) is 8.46. The van der Waals surface area contributed by atoms with E-state index >= 15 is 0 Å². The molecule has 0 bridgehead atoms. The molecule has 0 radical (unpaired) electrons. The molecular formula is C31H53NO6. The number of nitriles is 1. The first-order chi connectivity index (χ1) is 18.4.